The van der Waals surface area contributed by atoms with Crippen molar-refractivity contribution in [3.05, 3.63) is 24.3 Å². The molecule has 114 valence electrons. The van der Waals surface area contributed by atoms with Gasteiger partial charge in [-0.25, -0.2) is 17.8 Å². The summed E-state index contributed by atoms with van der Waals surface area (Å²) >= 11 is 0. The van der Waals surface area contributed by atoms with Gasteiger partial charge in [0.1, 0.15) is 5.69 Å². The van der Waals surface area contributed by atoms with Crippen LogP contribution in [0.5, 0.6) is 0 Å². The van der Waals surface area contributed by atoms with Gasteiger partial charge in [-0.05, 0) is 13.0 Å². The van der Waals surface area contributed by atoms with Crippen LogP contribution in [0.2, 0.25) is 0 Å². The number of sulfonamides is 1. The molecule has 0 saturated carbocycles. The first-order valence-corrected chi connectivity index (χ1v) is 8.28. The Balaban J connectivity index is 1.70. The van der Waals surface area contributed by atoms with E-state index in [9.17, 15) is 8.42 Å². The van der Waals surface area contributed by atoms with Crippen LogP contribution in [0.4, 0.5) is 0 Å². The van der Waals surface area contributed by atoms with Crippen molar-refractivity contribution in [2.24, 2.45) is 0 Å². The molecule has 21 heavy (non-hydrogen) atoms. The molecule has 1 aliphatic rings. The van der Waals surface area contributed by atoms with Crippen LogP contribution < -0.4 is 4.72 Å². The topological polar surface area (TPSA) is 99.2 Å². The molecule has 0 aliphatic carbocycles. The normalized spacial score (nSPS) is 18.6. The smallest absolute Gasteiger partial charge is 0.211 e. The number of hydrogen-bond acceptors (Lipinski definition) is 6. The highest BCUT2D eigenvalue weighted by Gasteiger charge is 2.25. The Morgan fingerprint density at radius 3 is 3.10 bits per heavy atom. The predicted molar refractivity (Wildman–Crippen MR) is 73.8 cm³/mol. The summed E-state index contributed by atoms with van der Waals surface area (Å²) < 4.78 is 37.9. The molecule has 1 aliphatic heterocycles. The molecular formula is C12H16N4O4S. The minimum absolute atomic E-state index is 0.0545. The second-order valence-electron chi connectivity index (χ2n) is 4.76. The minimum Gasteiger partial charge on any atom is -0.472 e. The zero-order valence-electron chi connectivity index (χ0n) is 11.5. The molecule has 3 heterocycles. The lowest BCUT2D eigenvalue weighted by molar-refractivity contribution is 0.00432. The Labute approximate surface area is 122 Å². The Kier molecular flexibility index (Phi) is 3.79. The number of nitrogens with one attached hydrogen (secondary N) is 1. The first kappa shape index (κ1) is 14.2. The Morgan fingerprint density at radius 1 is 1.52 bits per heavy atom. The van der Waals surface area contributed by atoms with Gasteiger partial charge in [0.2, 0.25) is 10.0 Å². The van der Waals surface area contributed by atoms with Crippen molar-refractivity contribution in [2.45, 2.75) is 26.2 Å². The fraction of sp³-hybridized carbons (Fsp3) is 0.500. The van der Waals surface area contributed by atoms with E-state index in [4.69, 9.17) is 9.15 Å². The van der Waals surface area contributed by atoms with Crippen molar-refractivity contribution in [1.29, 1.82) is 0 Å². The van der Waals surface area contributed by atoms with Gasteiger partial charge in [0, 0.05) is 12.1 Å². The number of ether oxygens (including phenoxy) is 1. The van der Waals surface area contributed by atoms with Gasteiger partial charge < -0.3 is 9.15 Å². The second kappa shape index (κ2) is 5.58. The van der Waals surface area contributed by atoms with Crippen molar-refractivity contribution < 1.29 is 17.6 Å². The van der Waals surface area contributed by atoms with Crippen LogP contribution in [0.25, 0.3) is 11.3 Å². The SMILES string of the molecule is CCS(=O)(=O)NCC1Cn2nnc(-c3ccoc3)c2CO1. The average Bonchev–Trinajstić information content (AvgIpc) is 3.13. The Bertz CT molecular complexity index is 708. The predicted octanol–water partition coefficient (Wildman–Crippen LogP) is 0.376. The number of hydrogen-bond donors (Lipinski definition) is 1. The van der Waals surface area contributed by atoms with Gasteiger partial charge >= 0.3 is 0 Å². The third-order valence-electron chi connectivity index (χ3n) is 3.38. The molecule has 0 bridgehead atoms. The number of aromatic nitrogens is 3. The number of rotatable bonds is 5. The molecule has 1 N–H and O–H groups in total. The van der Waals surface area contributed by atoms with Gasteiger partial charge in [-0.3, -0.25) is 0 Å². The van der Waals surface area contributed by atoms with Crippen LogP contribution in [0.1, 0.15) is 12.6 Å². The average molecular weight is 312 g/mol. The van der Waals surface area contributed by atoms with Crippen molar-refractivity contribution in [1.82, 2.24) is 19.7 Å². The molecule has 0 aromatic carbocycles. The standard InChI is InChI=1S/C12H16N4O4S/c1-2-21(17,18)13-5-10-6-16-11(8-20-10)12(14-15-16)9-3-4-19-7-9/h3-4,7,10,13H,2,5-6,8H2,1H3. The van der Waals surface area contributed by atoms with Gasteiger partial charge in [-0.1, -0.05) is 5.21 Å². The van der Waals surface area contributed by atoms with Gasteiger partial charge in [0.25, 0.3) is 0 Å². The van der Waals surface area contributed by atoms with E-state index >= 15 is 0 Å². The van der Waals surface area contributed by atoms with E-state index < -0.39 is 10.0 Å². The van der Waals surface area contributed by atoms with E-state index in [1.165, 1.54) is 0 Å². The molecule has 0 fully saturated rings. The molecule has 1 unspecified atom stereocenters. The van der Waals surface area contributed by atoms with Crippen molar-refractivity contribution >= 4 is 10.0 Å². The van der Waals surface area contributed by atoms with Crippen molar-refractivity contribution in [3.63, 3.8) is 0 Å². The largest absolute Gasteiger partial charge is 0.472 e. The van der Waals surface area contributed by atoms with E-state index in [0.29, 0.717) is 13.2 Å². The molecule has 0 amide bonds. The monoisotopic (exact) mass is 312 g/mol. The molecule has 2 aromatic heterocycles. The lowest BCUT2D eigenvalue weighted by Crippen LogP contribution is -2.39. The lowest BCUT2D eigenvalue weighted by Gasteiger charge is -2.24. The number of furan rings is 1. The maximum Gasteiger partial charge on any atom is 0.211 e. The summed E-state index contributed by atoms with van der Waals surface area (Å²) in [7, 11) is -3.21. The molecule has 9 heteroatoms. The quantitative estimate of drug-likeness (QED) is 0.856. The zero-order valence-corrected chi connectivity index (χ0v) is 12.3. The summed E-state index contributed by atoms with van der Waals surface area (Å²) in [6.07, 6.45) is 2.93. The molecule has 8 nitrogen and oxygen atoms in total. The molecule has 0 radical (unpaired) electrons. The zero-order chi connectivity index (χ0) is 14.9. The van der Waals surface area contributed by atoms with Crippen LogP contribution in [0.15, 0.2) is 23.0 Å². The van der Waals surface area contributed by atoms with Gasteiger partial charge in [0.05, 0.1) is 43.2 Å². The first-order valence-electron chi connectivity index (χ1n) is 6.63. The molecule has 3 rings (SSSR count). The maximum absolute atomic E-state index is 11.4. The Hall–Kier alpha value is -1.71. The first-order chi connectivity index (χ1) is 10.1. The summed E-state index contributed by atoms with van der Waals surface area (Å²) in [5, 5.41) is 8.23. The summed E-state index contributed by atoms with van der Waals surface area (Å²) in [6.45, 7) is 2.63. The van der Waals surface area contributed by atoms with Crippen LogP contribution in [0, 0.1) is 0 Å². The second-order valence-corrected chi connectivity index (χ2v) is 6.86. The summed E-state index contributed by atoms with van der Waals surface area (Å²) in [6, 6.07) is 1.81. The van der Waals surface area contributed by atoms with Crippen LogP contribution in [-0.2, 0) is 27.9 Å². The van der Waals surface area contributed by atoms with Gasteiger partial charge in [0.15, 0.2) is 0 Å². The fourth-order valence-electron chi connectivity index (χ4n) is 2.13. The fourth-order valence-corrected chi connectivity index (χ4v) is 2.78. The van der Waals surface area contributed by atoms with Crippen molar-refractivity contribution in [3.8, 4) is 11.3 Å². The highest BCUT2D eigenvalue weighted by atomic mass is 32.2. The third-order valence-corrected chi connectivity index (χ3v) is 4.74. The number of nitrogens with zero attached hydrogens (tertiary/aromatic N) is 3. The van der Waals surface area contributed by atoms with Gasteiger partial charge in [-0.15, -0.1) is 5.10 Å². The van der Waals surface area contributed by atoms with Crippen LogP contribution >= 0.6 is 0 Å². The molecular weight excluding hydrogens is 296 g/mol. The molecule has 0 spiro atoms. The highest BCUT2D eigenvalue weighted by Crippen LogP contribution is 2.25. The van der Waals surface area contributed by atoms with E-state index in [-0.39, 0.29) is 18.4 Å². The summed E-state index contributed by atoms with van der Waals surface area (Å²) in [5.74, 6) is 0.0545. The van der Waals surface area contributed by atoms with E-state index in [0.717, 1.165) is 17.0 Å². The molecule has 0 saturated heterocycles. The maximum atomic E-state index is 11.4. The van der Waals surface area contributed by atoms with E-state index in [1.807, 2.05) is 6.07 Å². The Morgan fingerprint density at radius 2 is 2.38 bits per heavy atom. The van der Waals surface area contributed by atoms with Gasteiger partial charge in [-0.2, -0.15) is 0 Å². The third kappa shape index (κ3) is 2.99. The van der Waals surface area contributed by atoms with Crippen LogP contribution in [-0.4, -0.2) is 41.8 Å². The summed E-state index contributed by atoms with van der Waals surface area (Å²) in [4.78, 5) is 0. The van der Waals surface area contributed by atoms with Crippen molar-refractivity contribution in [2.75, 3.05) is 12.3 Å². The summed E-state index contributed by atoms with van der Waals surface area (Å²) in [5.41, 5.74) is 2.45. The van der Waals surface area contributed by atoms with Crippen LogP contribution in [0.3, 0.4) is 0 Å². The van der Waals surface area contributed by atoms with E-state index in [2.05, 4.69) is 15.0 Å². The van der Waals surface area contributed by atoms with E-state index in [1.54, 1.807) is 24.1 Å². The lowest BCUT2D eigenvalue weighted by atomic mass is 10.2. The minimum atomic E-state index is -3.21. The molecule has 2 aromatic rings. The number of fused-ring (bicyclic) bond motifs is 1. The highest BCUT2D eigenvalue weighted by molar-refractivity contribution is 7.89. The molecule has 1 atom stereocenters.